The summed E-state index contributed by atoms with van der Waals surface area (Å²) in [6, 6.07) is 4.96. The summed E-state index contributed by atoms with van der Waals surface area (Å²) in [5, 5.41) is 3.52. The SMILES string of the molecule is CCC1C2CNCC2CN1c1cc(C)ccn1. The smallest absolute Gasteiger partial charge is 0.128 e. The van der Waals surface area contributed by atoms with E-state index in [2.05, 4.69) is 41.2 Å². The standard InChI is InChI=1S/C14H21N3/c1-3-13-12-8-15-7-11(12)9-17(13)14-6-10(2)4-5-16-14/h4-6,11-13,15H,3,7-9H2,1-2H3. The van der Waals surface area contributed by atoms with Gasteiger partial charge in [0.05, 0.1) is 0 Å². The largest absolute Gasteiger partial charge is 0.353 e. The molecule has 1 aromatic rings. The number of aromatic nitrogens is 1. The fourth-order valence-electron chi connectivity index (χ4n) is 3.49. The van der Waals surface area contributed by atoms with Gasteiger partial charge < -0.3 is 10.2 Å². The number of hydrogen-bond acceptors (Lipinski definition) is 3. The van der Waals surface area contributed by atoms with Crippen LogP contribution in [0.4, 0.5) is 5.82 Å². The van der Waals surface area contributed by atoms with Gasteiger partial charge in [-0.1, -0.05) is 6.92 Å². The van der Waals surface area contributed by atoms with E-state index in [1.165, 1.54) is 37.4 Å². The van der Waals surface area contributed by atoms with Crippen LogP contribution in [0.3, 0.4) is 0 Å². The van der Waals surface area contributed by atoms with E-state index < -0.39 is 0 Å². The van der Waals surface area contributed by atoms with Crippen molar-refractivity contribution in [2.45, 2.75) is 26.3 Å². The molecule has 92 valence electrons. The normalized spacial score (nSPS) is 31.9. The maximum absolute atomic E-state index is 4.55. The molecule has 2 aliphatic rings. The number of rotatable bonds is 2. The van der Waals surface area contributed by atoms with Gasteiger partial charge >= 0.3 is 0 Å². The van der Waals surface area contributed by atoms with E-state index >= 15 is 0 Å². The number of anilines is 1. The van der Waals surface area contributed by atoms with Gasteiger partial charge in [-0.05, 0) is 42.9 Å². The molecule has 3 atom stereocenters. The molecule has 0 saturated carbocycles. The van der Waals surface area contributed by atoms with Crippen LogP contribution in [0, 0.1) is 18.8 Å². The van der Waals surface area contributed by atoms with E-state index in [1.807, 2.05) is 6.20 Å². The minimum Gasteiger partial charge on any atom is -0.353 e. The van der Waals surface area contributed by atoms with Crippen LogP contribution < -0.4 is 10.2 Å². The van der Waals surface area contributed by atoms with Crippen LogP contribution in [0.5, 0.6) is 0 Å². The van der Waals surface area contributed by atoms with Crippen molar-refractivity contribution < 1.29 is 0 Å². The molecule has 3 unspecified atom stereocenters. The van der Waals surface area contributed by atoms with Gasteiger partial charge in [0.15, 0.2) is 0 Å². The van der Waals surface area contributed by atoms with Crippen LogP contribution in [-0.4, -0.2) is 30.7 Å². The zero-order chi connectivity index (χ0) is 11.8. The second kappa shape index (κ2) is 4.30. The Morgan fingerprint density at radius 3 is 3.12 bits per heavy atom. The van der Waals surface area contributed by atoms with Crippen molar-refractivity contribution in [1.29, 1.82) is 0 Å². The van der Waals surface area contributed by atoms with E-state index in [9.17, 15) is 0 Å². The third kappa shape index (κ3) is 1.82. The Hall–Kier alpha value is -1.09. The van der Waals surface area contributed by atoms with Crippen molar-refractivity contribution in [3.8, 4) is 0 Å². The quantitative estimate of drug-likeness (QED) is 0.841. The fraction of sp³-hybridized carbons (Fsp3) is 0.643. The lowest BCUT2D eigenvalue weighted by Crippen LogP contribution is -2.35. The summed E-state index contributed by atoms with van der Waals surface area (Å²) in [6.45, 7) is 7.99. The summed E-state index contributed by atoms with van der Waals surface area (Å²) in [4.78, 5) is 7.08. The van der Waals surface area contributed by atoms with Crippen LogP contribution >= 0.6 is 0 Å². The van der Waals surface area contributed by atoms with Crippen molar-refractivity contribution in [3.63, 3.8) is 0 Å². The van der Waals surface area contributed by atoms with Gasteiger partial charge in [0.2, 0.25) is 0 Å². The first kappa shape index (κ1) is 11.0. The molecule has 2 saturated heterocycles. The molecule has 0 aliphatic carbocycles. The summed E-state index contributed by atoms with van der Waals surface area (Å²) in [7, 11) is 0. The topological polar surface area (TPSA) is 28.2 Å². The Balaban J connectivity index is 1.88. The Morgan fingerprint density at radius 1 is 1.47 bits per heavy atom. The van der Waals surface area contributed by atoms with Gasteiger partial charge in [0.1, 0.15) is 5.82 Å². The maximum atomic E-state index is 4.55. The van der Waals surface area contributed by atoms with Crippen molar-refractivity contribution in [3.05, 3.63) is 23.9 Å². The van der Waals surface area contributed by atoms with Gasteiger partial charge in [-0.25, -0.2) is 4.98 Å². The zero-order valence-corrected chi connectivity index (χ0v) is 10.7. The number of pyridine rings is 1. The maximum Gasteiger partial charge on any atom is 0.128 e. The predicted molar refractivity (Wildman–Crippen MR) is 70.2 cm³/mol. The highest BCUT2D eigenvalue weighted by molar-refractivity contribution is 5.44. The zero-order valence-electron chi connectivity index (χ0n) is 10.7. The van der Waals surface area contributed by atoms with Gasteiger partial charge in [-0.15, -0.1) is 0 Å². The molecule has 3 heterocycles. The minimum absolute atomic E-state index is 0.671. The Labute approximate surface area is 103 Å². The summed E-state index contributed by atoms with van der Waals surface area (Å²) in [5.74, 6) is 2.82. The number of fused-ring (bicyclic) bond motifs is 1. The summed E-state index contributed by atoms with van der Waals surface area (Å²) in [6.07, 6.45) is 3.15. The van der Waals surface area contributed by atoms with Crippen LogP contribution in [-0.2, 0) is 0 Å². The lowest BCUT2D eigenvalue weighted by molar-refractivity contribution is 0.441. The molecule has 0 amide bonds. The highest BCUT2D eigenvalue weighted by atomic mass is 15.3. The van der Waals surface area contributed by atoms with Crippen molar-refractivity contribution in [2.24, 2.45) is 11.8 Å². The molecular formula is C14H21N3. The van der Waals surface area contributed by atoms with Gasteiger partial charge in [0, 0.05) is 31.9 Å². The third-order valence-electron chi connectivity index (χ3n) is 4.33. The summed E-state index contributed by atoms with van der Waals surface area (Å²) < 4.78 is 0. The van der Waals surface area contributed by atoms with E-state index in [4.69, 9.17) is 0 Å². The highest BCUT2D eigenvalue weighted by Gasteiger charge is 2.43. The summed E-state index contributed by atoms with van der Waals surface area (Å²) in [5.41, 5.74) is 1.31. The predicted octanol–water partition coefficient (Wildman–Crippen LogP) is 1.82. The molecule has 2 aliphatic heterocycles. The molecule has 0 bridgehead atoms. The average Bonchev–Trinajstić information content (AvgIpc) is 2.88. The third-order valence-corrected chi connectivity index (χ3v) is 4.33. The lowest BCUT2D eigenvalue weighted by atomic mass is 9.93. The van der Waals surface area contributed by atoms with Crippen molar-refractivity contribution >= 4 is 5.82 Å². The Bertz CT molecular complexity index is 404. The van der Waals surface area contributed by atoms with E-state index in [-0.39, 0.29) is 0 Å². The Morgan fingerprint density at radius 2 is 2.35 bits per heavy atom. The van der Waals surface area contributed by atoms with Crippen LogP contribution in [0.1, 0.15) is 18.9 Å². The number of nitrogens with one attached hydrogen (secondary N) is 1. The first-order chi connectivity index (χ1) is 8.29. The van der Waals surface area contributed by atoms with Crippen LogP contribution in [0.15, 0.2) is 18.3 Å². The molecule has 0 aromatic carbocycles. The first-order valence-corrected chi connectivity index (χ1v) is 6.69. The van der Waals surface area contributed by atoms with Gasteiger partial charge in [0.25, 0.3) is 0 Å². The molecule has 3 rings (SSSR count). The van der Waals surface area contributed by atoms with Crippen molar-refractivity contribution in [2.75, 3.05) is 24.5 Å². The average molecular weight is 231 g/mol. The van der Waals surface area contributed by atoms with Gasteiger partial charge in [-0.2, -0.15) is 0 Å². The fourth-order valence-corrected chi connectivity index (χ4v) is 3.49. The van der Waals surface area contributed by atoms with E-state index in [0.29, 0.717) is 6.04 Å². The van der Waals surface area contributed by atoms with Crippen LogP contribution in [0.2, 0.25) is 0 Å². The molecule has 0 radical (unpaired) electrons. The molecule has 1 aromatic heterocycles. The second-order valence-electron chi connectivity index (χ2n) is 5.40. The monoisotopic (exact) mass is 231 g/mol. The second-order valence-corrected chi connectivity index (χ2v) is 5.40. The molecule has 1 N–H and O–H groups in total. The molecule has 0 spiro atoms. The molecule has 3 heteroatoms. The molecule has 3 nitrogen and oxygen atoms in total. The minimum atomic E-state index is 0.671. The van der Waals surface area contributed by atoms with E-state index in [0.717, 1.165) is 11.8 Å². The van der Waals surface area contributed by atoms with Crippen LogP contribution in [0.25, 0.3) is 0 Å². The highest BCUT2D eigenvalue weighted by Crippen LogP contribution is 2.36. The summed E-state index contributed by atoms with van der Waals surface area (Å²) >= 11 is 0. The molecule has 17 heavy (non-hydrogen) atoms. The number of aryl methyl sites for hydroxylation is 1. The number of hydrogen-bond donors (Lipinski definition) is 1. The van der Waals surface area contributed by atoms with E-state index in [1.54, 1.807) is 0 Å². The van der Waals surface area contributed by atoms with Crippen molar-refractivity contribution in [1.82, 2.24) is 10.3 Å². The lowest BCUT2D eigenvalue weighted by Gasteiger charge is -2.28. The van der Waals surface area contributed by atoms with Gasteiger partial charge in [-0.3, -0.25) is 0 Å². The Kier molecular flexibility index (Phi) is 2.79. The first-order valence-electron chi connectivity index (χ1n) is 6.69. The molecule has 2 fully saturated rings. The molecular weight excluding hydrogens is 210 g/mol. The number of nitrogens with zero attached hydrogens (tertiary/aromatic N) is 2.